The number of carbonyl (C=O) groups excluding carboxylic acids is 1. The number of amides is 1. The van der Waals surface area contributed by atoms with Gasteiger partial charge in [-0.1, -0.05) is 18.2 Å². The lowest BCUT2D eigenvalue weighted by Crippen LogP contribution is -2.50. The maximum absolute atomic E-state index is 12.6. The van der Waals surface area contributed by atoms with Crippen molar-refractivity contribution in [2.75, 3.05) is 37.0 Å². The van der Waals surface area contributed by atoms with Crippen LogP contribution in [0, 0.1) is 5.92 Å². The van der Waals surface area contributed by atoms with Gasteiger partial charge >= 0.3 is 6.36 Å². The lowest BCUT2D eigenvalue weighted by molar-refractivity contribution is -0.275. The van der Waals surface area contributed by atoms with E-state index in [0.717, 1.165) is 0 Å². The second kappa shape index (κ2) is 9.81. The van der Waals surface area contributed by atoms with Crippen molar-refractivity contribution in [3.8, 4) is 11.5 Å². The number of carbonyl (C=O) groups is 1. The van der Waals surface area contributed by atoms with Crippen LogP contribution < -0.4 is 25.0 Å². The molecule has 4 rings (SSSR count). The van der Waals surface area contributed by atoms with E-state index in [1.807, 2.05) is 4.90 Å². The molecule has 0 atom stereocenters. The molecule has 0 unspecified atom stereocenters. The van der Waals surface area contributed by atoms with Gasteiger partial charge in [0.15, 0.2) is 11.5 Å². The largest absolute Gasteiger partial charge is 0.573 e. The highest BCUT2D eigenvalue weighted by Crippen LogP contribution is 2.33. The molecule has 0 saturated carbocycles. The van der Waals surface area contributed by atoms with Gasteiger partial charge in [0.2, 0.25) is 11.9 Å². The molecule has 2 heterocycles. The van der Waals surface area contributed by atoms with Gasteiger partial charge in [0, 0.05) is 37.3 Å². The molecule has 3 aromatic rings. The van der Waals surface area contributed by atoms with Crippen LogP contribution in [0.5, 0.6) is 11.5 Å². The van der Waals surface area contributed by atoms with Crippen LogP contribution in [-0.2, 0) is 0 Å². The highest BCUT2D eigenvalue weighted by atomic mass is 19.4. The number of nitrogens with zero attached hydrogens (tertiary/aromatic N) is 4. The van der Waals surface area contributed by atoms with Crippen molar-refractivity contribution in [1.29, 1.82) is 0 Å². The molecule has 2 N–H and O–H groups in total. The number of rotatable bonds is 8. The molecule has 1 aromatic heterocycles. The third-order valence-electron chi connectivity index (χ3n) is 4.96. The normalized spacial score (nSPS) is 13.7. The zero-order valence-corrected chi connectivity index (χ0v) is 18.0. The summed E-state index contributed by atoms with van der Waals surface area (Å²) in [5.74, 6) is 0.301. The monoisotopic (exact) mass is 474 g/mol. The van der Waals surface area contributed by atoms with Crippen LogP contribution in [0.25, 0.3) is 0 Å². The lowest BCUT2D eigenvalue weighted by Gasteiger charge is -2.38. The van der Waals surface area contributed by atoms with Crippen molar-refractivity contribution in [3.63, 3.8) is 0 Å². The van der Waals surface area contributed by atoms with Crippen LogP contribution >= 0.6 is 0 Å². The van der Waals surface area contributed by atoms with E-state index in [9.17, 15) is 18.0 Å². The number of benzene rings is 2. The summed E-state index contributed by atoms with van der Waals surface area (Å²) in [4.78, 5) is 26.4. The molecule has 34 heavy (non-hydrogen) atoms. The number of hydrogen-bond donors (Lipinski definition) is 2. The molecule has 2 aromatic carbocycles. The second-order valence-corrected chi connectivity index (χ2v) is 7.47. The molecule has 9 nitrogen and oxygen atoms in total. The Labute approximate surface area is 192 Å². The Kier molecular flexibility index (Phi) is 6.66. The van der Waals surface area contributed by atoms with Crippen LogP contribution in [0.3, 0.4) is 0 Å². The first kappa shape index (κ1) is 23.1. The molecular weight excluding hydrogens is 453 g/mol. The van der Waals surface area contributed by atoms with E-state index in [1.165, 1.54) is 24.5 Å². The molecule has 1 aliphatic heterocycles. The Morgan fingerprint density at radius 3 is 2.62 bits per heavy atom. The number of aromatic nitrogens is 3. The van der Waals surface area contributed by atoms with E-state index >= 15 is 0 Å². The molecular formula is C22H21F3N6O3. The Hall–Kier alpha value is -4.09. The van der Waals surface area contributed by atoms with E-state index in [4.69, 9.17) is 4.74 Å². The van der Waals surface area contributed by atoms with Crippen LogP contribution in [0.1, 0.15) is 10.4 Å². The summed E-state index contributed by atoms with van der Waals surface area (Å²) in [6.07, 6.45) is -3.41. The average Bonchev–Trinajstić information content (AvgIpc) is 2.78. The van der Waals surface area contributed by atoms with Gasteiger partial charge in [0.1, 0.15) is 6.33 Å². The summed E-state index contributed by atoms with van der Waals surface area (Å²) in [6, 6.07) is 12.6. The third kappa shape index (κ3) is 5.82. The quantitative estimate of drug-likeness (QED) is 0.513. The van der Waals surface area contributed by atoms with Crippen LogP contribution in [0.4, 0.5) is 30.8 Å². The Bertz CT molecular complexity index is 1150. The maximum Gasteiger partial charge on any atom is 0.573 e. The number of anilines is 3. The fourth-order valence-corrected chi connectivity index (χ4v) is 3.34. The minimum absolute atomic E-state index is 0.0314. The van der Waals surface area contributed by atoms with Crippen molar-refractivity contribution >= 4 is 23.5 Å². The summed E-state index contributed by atoms with van der Waals surface area (Å²) in [6.45, 7) is 1.35. The molecule has 1 aliphatic rings. The maximum atomic E-state index is 12.6. The molecule has 1 saturated heterocycles. The topological polar surface area (TPSA) is 102 Å². The zero-order chi connectivity index (χ0) is 24.1. The van der Waals surface area contributed by atoms with Crippen molar-refractivity contribution in [3.05, 3.63) is 60.4 Å². The summed E-state index contributed by atoms with van der Waals surface area (Å²) in [5.41, 5.74) is 1.14. The van der Waals surface area contributed by atoms with Crippen molar-refractivity contribution in [2.24, 2.45) is 5.92 Å². The van der Waals surface area contributed by atoms with Crippen LogP contribution in [0.2, 0.25) is 0 Å². The smallest absolute Gasteiger partial charge is 0.489 e. The fraction of sp³-hybridized carbons (Fsp3) is 0.273. The predicted octanol–water partition coefficient (Wildman–Crippen LogP) is 3.39. The summed E-state index contributed by atoms with van der Waals surface area (Å²) >= 11 is 0. The third-order valence-corrected chi connectivity index (χ3v) is 4.96. The van der Waals surface area contributed by atoms with E-state index in [1.54, 1.807) is 37.4 Å². The van der Waals surface area contributed by atoms with Gasteiger partial charge in [-0.15, -0.1) is 13.2 Å². The Morgan fingerprint density at radius 1 is 1.12 bits per heavy atom. The molecule has 0 bridgehead atoms. The van der Waals surface area contributed by atoms with Gasteiger partial charge in [-0.2, -0.15) is 4.98 Å². The number of alkyl halides is 3. The standard InChI is InChI=1S/C22H21F3N6O3/c1-26-19(32)15-5-4-6-16(9-15)29-20-27-13-28-21(30-20)31-10-14(11-31)12-33-17-7-2-3-8-18(17)34-22(23,24)25/h2-9,13-14H,10-12H2,1H3,(H,26,32)(H,27,28,29,30). The van der Waals surface area contributed by atoms with Gasteiger partial charge in [-0.25, -0.2) is 9.97 Å². The van der Waals surface area contributed by atoms with E-state index in [0.29, 0.717) is 36.2 Å². The fourth-order valence-electron chi connectivity index (χ4n) is 3.34. The van der Waals surface area contributed by atoms with Crippen molar-refractivity contribution in [1.82, 2.24) is 20.3 Å². The molecule has 0 spiro atoms. The zero-order valence-electron chi connectivity index (χ0n) is 18.0. The van der Waals surface area contributed by atoms with Gasteiger partial charge in [0.05, 0.1) is 6.61 Å². The van der Waals surface area contributed by atoms with E-state index < -0.39 is 6.36 Å². The molecule has 12 heteroatoms. The SMILES string of the molecule is CNC(=O)c1cccc(Nc2ncnc(N3CC(COc4ccccc4OC(F)(F)F)C3)n2)c1. The summed E-state index contributed by atoms with van der Waals surface area (Å²) in [7, 11) is 1.56. The number of halogens is 3. The molecule has 1 amide bonds. The van der Waals surface area contributed by atoms with Crippen molar-refractivity contribution < 1.29 is 27.4 Å². The summed E-state index contributed by atoms with van der Waals surface area (Å²) in [5, 5.41) is 5.62. The molecule has 0 aliphatic carbocycles. The van der Waals surface area contributed by atoms with Gasteiger partial charge in [0.25, 0.3) is 5.91 Å². The molecule has 0 radical (unpaired) electrons. The van der Waals surface area contributed by atoms with Crippen LogP contribution in [-0.4, -0.2) is 54.0 Å². The average molecular weight is 474 g/mol. The number of ether oxygens (including phenoxy) is 2. The first-order valence-corrected chi connectivity index (χ1v) is 10.3. The highest BCUT2D eigenvalue weighted by Gasteiger charge is 2.33. The van der Waals surface area contributed by atoms with Gasteiger partial charge in [-0.3, -0.25) is 4.79 Å². The van der Waals surface area contributed by atoms with E-state index in [-0.39, 0.29) is 29.9 Å². The molecule has 178 valence electrons. The minimum Gasteiger partial charge on any atom is -0.489 e. The van der Waals surface area contributed by atoms with Crippen molar-refractivity contribution in [2.45, 2.75) is 6.36 Å². The van der Waals surface area contributed by atoms with Crippen LogP contribution in [0.15, 0.2) is 54.9 Å². The van der Waals surface area contributed by atoms with Gasteiger partial charge < -0.3 is 25.0 Å². The molecule has 1 fully saturated rings. The first-order valence-electron chi connectivity index (χ1n) is 10.3. The number of hydrogen-bond acceptors (Lipinski definition) is 8. The van der Waals surface area contributed by atoms with E-state index in [2.05, 4.69) is 30.3 Å². The lowest BCUT2D eigenvalue weighted by atomic mass is 10.0. The predicted molar refractivity (Wildman–Crippen MR) is 117 cm³/mol. The Morgan fingerprint density at radius 2 is 1.88 bits per heavy atom. The number of para-hydroxylation sites is 2. The Balaban J connectivity index is 1.32. The first-order chi connectivity index (χ1) is 16.3. The number of nitrogens with one attached hydrogen (secondary N) is 2. The van der Waals surface area contributed by atoms with Gasteiger partial charge in [-0.05, 0) is 30.3 Å². The highest BCUT2D eigenvalue weighted by molar-refractivity contribution is 5.95. The summed E-state index contributed by atoms with van der Waals surface area (Å²) < 4.78 is 47.2. The second-order valence-electron chi connectivity index (χ2n) is 7.47. The minimum atomic E-state index is -4.79.